The maximum absolute atomic E-state index is 13.5. The van der Waals surface area contributed by atoms with Crippen LogP contribution in [0.5, 0.6) is 0 Å². The molecule has 5 rings (SSSR count). The number of rotatable bonds is 6. The van der Waals surface area contributed by atoms with E-state index in [4.69, 9.17) is 4.98 Å². The summed E-state index contributed by atoms with van der Waals surface area (Å²) in [6.45, 7) is 2.55. The Kier molecular flexibility index (Phi) is 5.93. The molecule has 0 aliphatic heterocycles. The fourth-order valence-corrected chi connectivity index (χ4v) is 6.03. The lowest BCUT2D eigenvalue weighted by atomic mass is 10.1. The van der Waals surface area contributed by atoms with Crippen LogP contribution in [-0.4, -0.2) is 34.3 Å². The van der Waals surface area contributed by atoms with Gasteiger partial charge in [0, 0.05) is 21.7 Å². The summed E-state index contributed by atoms with van der Waals surface area (Å²) in [5.41, 5.74) is 2.11. The first kappa shape index (κ1) is 21.1. The first-order chi connectivity index (χ1) is 15.5. The van der Waals surface area contributed by atoms with E-state index in [0.717, 1.165) is 51.7 Å². The molecule has 0 atom stereocenters. The molecular formula is C25H25N3O2S2. The number of carbonyl (C=O) groups is 2. The van der Waals surface area contributed by atoms with Crippen LogP contribution in [0.1, 0.15) is 45.8 Å². The monoisotopic (exact) mass is 463 g/mol. The van der Waals surface area contributed by atoms with Crippen LogP contribution in [0.25, 0.3) is 21.1 Å². The van der Waals surface area contributed by atoms with Crippen LogP contribution in [0.2, 0.25) is 0 Å². The van der Waals surface area contributed by atoms with E-state index in [1.54, 1.807) is 16.2 Å². The van der Waals surface area contributed by atoms with Gasteiger partial charge in [0.05, 0.1) is 16.9 Å². The third kappa shape index (κ3) is 4.54. The summed E-state index contributed by atoms with van der Waals surface area (Å²) < 4.78 is 0. The highest BCUT2D eigenvalue weighted by Gasteiger charge is 2.24. The molecule has 164 valence electrons. The van der Waals surface area contributed by atoms with Gasteiger partial charge in [-0.25, -0.2) is 4.98 Å². The van der Waals surface area contributed by atoms with Crippen molar-refractivity contribution in [2.75, 3.05) is 6.54 Å². The largest absolute Gasteiger partial charge is 0.352 e. The first-order valence-corrected chi connectivity index (χ1v) is 12.7. The van der Waals surface area contributed by atoms with Gasteiger partial charge in [-0.05, 0) is 55.5 Å². The number of nitrogens with one attached hydrogen (secondary N) is 1. The van der Waals surface area contributed by atoms with Crippen molar-refractivity contribution in [2.24, 2.45) is 0 Å². The molecule has 3 heterocycles. The number of carbonyl (C=O) groups excluding carboxylic acids is 2. The number of hydrogen-bond donors (Lipinski definition) is 1. The van der Waals surface area contributed by atoms with Gasteiger partial charge in [-0.3, -0.25) is 9.59 Å². The second-order valence-electron chi connectivity index (χ2n) is 8.48. The molecule has 1 aliphatic carbocycles. The lowest BCUT2D eigenvalue weighted by molar-refractivity contribution is -0.122. The fraction of sp³-hybridized carbons (Fsp3) is 0.320. The summed E-state index contributed by atoms with van der Waals surface area (Å²) >= 11 is 2.99. The second-order valence-corrected chi connectivity index (χ2v) is 10.5. The van der Waals surface area contributed by atoms with Crippen molar-refractivity contribution in [1.82, 2.24) is 15.2 Å². The summed E-state index contributed by atoms with van der Waals surface area (Å²) in [4.78, 5) is 35.2. The van der Waals surface area contributed by atoms with Crippen molar-refractivity contribution in [3.63, 3.8) is 0 Å². The molecule has 32 heavy (non-hydrogen) atoms. The van der Waals surface area contributed by atoms with E-state index in [-0.39, 0.29) is 24.4 Å². The van der Waals surface area contributed by atoms with Crippen molar-refractivity contribution in [1.29, 1.82) is 0 Å². The molecule has 0 unspecified atom stereocenters. The Bertz CT molecular complexity index is 1270. The molecule has 0 bridgehead atoms. The van der Waals surface area contributed by atoms with Gasteiger partial charge >= 0.3 is 0 Å². The zero-order chi connectivity index (χ0) is 22.1. The van der Waals surface area contributed by atoms with Gasteiger partial charge in [-0.15, -0.1) is 22.7 Å². The van der Waals surface area contributed by atoms with E-state index >= 15 is 0 Å². The number of aryl methyl sites for hydroxylation is 1. The van der Waals surface area contributed by atoms with E-state index in [1.807, 2.05) is 35.7 Å². The maximum Gasteiger partial charge on any atom is 0.264 e. The van der Waals surface area contributed by atoms with Crippen molar-refractivity contribution in [3.8, 4) is 0 Å². The molecule has 1 aromatic carbocycles. The van der Waals surface area contributed by atoms with Gasteiger partial charge in [-0.1, -0.05) is 30.5 Å². The average Bonchev–Trinajstić information content (AvgIpc) is 3.53. The predicted octanol–water partition coefficient (Wildman–Crippen LogP) is 5.52. The summed E-state index contributed by atoms with van der Waals surface area (Å²) in [5, 5.41) is 7.14. The summed E-state index contributed by atoms with van der Waals surface area (Å²) in [7, 11) is 0. The van der Waals surface area contributed by atoms with Gasteiger partial charge < -0.3 is 10.2 Å². The molecule has 2 amide bonds. The van der Waals surface area contributed by atoms with Crippen LogP contribution in [0.15, 0.2) is 47.8 Å². The zero-order valence-electron chi connectivity index (χ0n) is 18.0. The number of nitrogens with zero attached hydrogens (tertiary/aromatic N) is 2. The third-order valence-corrected chi connectivity index (χ3v) is 7.83. The Hall–Kier alpha value is -2.77. The molecule has 0 spiro atoms. The average molecular weight is 464 g/mol. The normalized spacial score (nSPS) is 14.3. The van der Waals surface area contributed by atoms with E-state index in [2.05, 4.69) is 24.4 Å². The Morgan fingerprint density at radius 2 is 1.97 bits per heavy atom. The highest BCUT2D eigenvalue weighted by Crippen LogP contribution is 2.29. The van der Waals surface area contributed by atoms with E-state index in [1.165, 1.54) is 16.9 Å². The van der Waals surface area contributed by atoms with Crippen LogP contribution in [-0.2, 0) is 11.3 Å². The van der Waals surface area contributed by atoms with Crippen molar-refractivity contribution < 1.29 is 9.59 Å². The molecule has 1 aliphatic rings. The number of fused-ring (bicyclic) bond motifs is 2. The van der Waals surface area contributed by atoms with Gasteiger partial charge in [0.2, 0.25) is 5.91 Å². The maximum atomic E-state index is 13.5. The Labute approximate surface area is 195 Å². The van der Waals surface area contributed by atoms with Gasteiger partial charge in [-0.2, -0.15) is 0 Å². The summed E-state index contributed by atoms with van der Waals surface area (Å²) in [6.07, 6.45) is 4.37. The number of hydrogen-bond acceptors (Lipinski definition) is 5. The molecule has 0 saturated heterocycles. The smallest absolute Gasteiger partial charge is 0.264 e. The minimum absolute atomic E-state index is 0.0656. The molecular weight excluding hydrogens is 438 g/mol. The highest BCUT2D eigenvalue weighted by molar-refractivity contribution is 7.20. The standard InChI is InChI=1S/C25H25N3O2S2/c1-16-8-9-21-17(11-16)12-18-13-22(32-24(18)27-21)25(30)28(14-20-7-4-10-31-20)15-23(29)26-19-5-2-3-6-19/h4,7-13,19H,2-3,5-6,14-15H2,1H3,(H,26,29). The van der Waals surface area contributed by atoms with Crippen LogP contribution in [0.3, 0.4) is 0 Å². The summed E-state index contributed by atoms with van der Waals surface area (Å²) in [5.74, 6) is -0.203. The van der Waals surface area contributed by atoms with Crippen LogP contribution >= 0.6 is 22.7 Å². The molecule has 1 N–H and O–H groups in total. The number of thiophene rings is 2. The lowest BCUT2D eigenvalue weighted by Crippen LogP contribution is -2.43. The van der Waals surface area contributed by atoms with Crippen LogP contribution in [0.4, 0.5) is 0 Å². The Morgan fingerprint density at radius 1 is 1.12 bits per heavy atom. The minimum Gasteiger partial charge on any atom is -0.352 e. The second kappa shape index (κ2) is 9.00. The van der Waals surface area contributed by atoms with Gasteiger partial charge in [0.25, 0.3) is 5.91 Å². The Balaban J connectivity index is 1.41. The zero-order valence-corrected chi connectivity index (χ0v) is 19.6. The van der Waals surface area contributed by atoms with Crippen molar-refractivity contribution >= 4 is 55.6 Å². The molecule has 1 saturated carbocycles. The van der Waals surface area contributed by atoms with Crippen molar-refractivity contribution in [3.05, 3.63) is 63.2 Å². The van der Waals surface area contributed by atoms with Crippen LogP contribution < -0.4 is 5.32 Å². The molecule has 7 heteroatoms. The van der Waals surface area contributed by atoms with E-state index < -0.39 is 0 Å². The number of amides is 2. The van der Waals surface area contributed by atoms with Gasteiger partial charge in [0.1, 0.15) is 11.4 Å². The molecule has 5 nitrogen and oxygen atoms in total. The molecule has 3 aromatic heterocycles. The number of pyridine rings is 1. The number of benzene rings is 1. The fourth-order valence-electron chi connectivity index (χ4n) is 4.32. The highest BCUT2D eigenvalue weighted by atomic mass is 32.1. The minimum atomic E-state index is -0.122. The predicted molar refractivity (Wildman–Crippen MR) is 131 cm³/mol. The molecule has 4 aromatic rings. The van der Waals surface area contributed by atoms with E-state index in [9.17, 15) is 9.59 Å². The van der Waals surface area contributed by atoms with Crippen LogP contribution in [0, 0.1) is 6.92 Å². The SMILES string of the molecule is Cc1ccc2nc3sc(C(=O)N(CC(=O)NC4CCCC4)Cc4cccs4)cc3cc2c1. The topological polar surface area (TPSA) is 62.3 Å². The first-order valence-electron chi connectivity index (χ1n) is 11.0. The molecule has 0 radical (unpaired) electrons. The quantitative estimate of drug-likeness (QED) is 0.409. The van der Waals surface area contributed by atoms with E-state index in [0.29, 0.717) is 11.4 Å². The number of aromatic nitrogens is 1. The molecule has 1 fully saturated rings. The van der Waals surface area contributed by atoms with Gasteiger partial charge in [0.15, 0.2) is 0 Å². The summed E-state index contributed by atoms with van der Waals surface area (Å²) in [6, 6.07) is 14.4. The third-order valence-electron chi connectivity index (χ3n) is 5.94. The Morgan fingerprint density at radius 3 is 2.75 bits per heavy atom. The lowest BCUT2D eigenvalue weighted by Gasteiger charge is -2.22. The van der Waals surface area contributed by atoms with Crippen molar-refractivity contribution in [2.45, 2.75) is 45.2 Å².